The Labute approximate surface area is 135 Å². The van der Waals surface area contributed by atoms with Gasteiger partial charge in [0.2, 0.25) is 0 Å². The first kappa shape index (κ1) is 14.2. The maximum atomic E-state index is 12.5. The number of nitrogens with one attached hydrogen (secondary N) is 2. The maximum absolute atomic E-state index is 12.5. The Kier molecular flexibility index (Phi) is 3.73. The van der Waals surface area contributed by atoms with E-state index in [4.69, 9.17) is 0 Å². The van der Waals surface area contributed by atoms with E-state index in [2.05, 4.69) is 20.3 Å². The third-order valence-electron chi connectivity index (χ3n) is 4.85. The minimum absolute atomic E-state index is 0.0595. The molecule has 3 heterocycles. The number of aromatic nitrogens is 3. The molecule has 6 heteroatoms. The highest BCUT2D eigenvalue weighted by molar-refractivity contribution is 5.92. The van der Waals surface area contributed by atoms with Gasteiger partial charge in [-0.1, -0.05) is 0 Å². The van der Waals surface area contributed by atoms with Crippen LogP contribution >= 0.6 is 0 Å². The van der Waals surface area contributed by atoms with Crippen molar-refractivity contribution in [1.82, 2.24) is 19.9 Å². The van der Waals surface area contributed by atoms with Crippen LogP contribution in [0.3, 0.4) is 0 Å². The number of rotatable bonds is 3. The fourth-order valence-corrected chi connectivity index (χ4v) is 3.23. The molecule has 1 amide bonds. The van der Waals surface area contributed by atoms with Crippen molar-refractivity contribution in [2.75, 3.05) is 18.4 Å². The summed E-state index contributed by atoms with van der Waals surface area (Å²) in [5, 5.41) is 3.55. The van der Waals surface area contributed by atoms with Gasteiger partial charge in [-0.05, 0) is 37.8 Å². The Morgan fingerprint density at radius 1 is 1.26 bits per heavy atom. The molecule has 2 aliphatic rings. The van der Waals surface area contributed by atoms with E-state index >= 15 is 0 Å². The number of carbonyl (C=O) groups excluding carboxylic acids is 1. The van der Waals surface area contributed by atoms with Gasteiger partial charge < -0.3 is 15.2 Å². The molecule has 1 saturated carbocycles. The average Bonchev–Trinajstić information content (AvgIpc) is 2.97. The topological polar surface area (TPSA) is 73.9 Å². The highest BCUT2D eigenvalue weighted by Crippen LogP contribution is 2.26. The van der Waals surface area contributed by atoms with Crippen LogP contribution in [0.4, 0.5) is 5.82 Å². The summed E-state index contributed by atoms with van der Waals surface area (Å²) in [5.74, 6) is 1.03. The lowest BCUT2D eigenvalue weighted by atomic mass is 9.93. The van der Waals surface area contributed by atoms with Crippen molar-refractivity contribution in [2.45, 2.75) is 38.1 Å². The number of hydrogen-bond donors (Lipinski definition) is 2. The lowest BCUT2D eigenvalue weighted by Gasteiger charge is -2.28. The summed E-state index contributed by atoms with van der Waals surface area (Å²) in [6.07, 6.45) is 8.74. The number of nitrogens with zero attached hydrogens (tertiary/aromatic N) is 3. The summed E-state index contributed by atoms with van der Waals surface area (Å²) in [4.78, 5) is 26.3. The van der Waals surface area contributed by atoms with Gasteiger partial charge in [-0.15, -0.1) is 0 Å². The molecule has 0 atom stereocenters. The van der Waals surface area contributed by atoms with Crippen LogP contribution in [0.15, 0.2) is 24.7 Å². The second-order valence-electron chi connectivity index (χ2n) is 6.30. The first-order chi connectivity index (χ1) is 11.3. The average molecular weight is 311 g/mol. The van der Waals surface area contributed by atoms with Gasteiger partial charge in [0.05, 0.1) is 5.69 Å². The molecule has 0 saturated heterocycles. The number of fused-ring (bicyclic) bond motifs is 1. The molecule has 1 aliphatic heterocycles. The highest BCUT2D eigenvalue weighted by Gasteiger charge is 2.25. The van der Waals surface area contributed by atoms with E-state index in [0.717, 1.165) is 24.4 Å². The van der Waals surface area contributed by atoms with Crippen LogP contribution in [-0.4, -0.2) is 44.9 Å². The molecular weight excluding hydrogens is 290 g/mol. The fraction of sp³-hybridized carbons (Fsp3) is 0.471. The summed E-state index contributed by atoms with van der Waals surface area (Å²) in [5.41, 5.74) is 2.90. The molecule has 2 aromatic rings. The zero-order chi connectivity index (χ0) is 15.6. The fourth-order valence-electron chi connectivity index (χ4n) is 3.23. The van der Waals surface area contributed by atoms with Gasteiger partial charge in [0.15, 0.2) is 0 Å². The second-order valence-corrected chi connectivity index (χ2v) is 6.30. The number of aromatic amines is 1. The number of carbonyl (C=O) groups is 1. The molecule has 23 heavy (non-hydrogen) atoms. The molecule has 2 aromatic heterocycles. The second kappa shape index (κ2) is 6.02. The third kappa shape index (κ3) is 2.81. The standard InChI is InChI=1S/C17H21N5O/c23-17(15-5-2-8-18-15)22-9-6-13-14(7-10-22)19-11-20-16(13)21-12-3-1-4-12/h2,5,8,11-12,18H,1,3-4,6-7,9-10H2,(H,19,20,21). The Balaban J connectivity index is 1.51. The van der Waals surface area contributed by atoms with E-state index in [1.165, 1.54) is 24.8 Å². The van der Waals surface area contributed by atoms with Crippen LogP contribution in [0, 0.1) is 0 Å². The molecule has 0 aromatic carbocycles. The summed E-state index contributed by atoms with van der Waals surface area (Å²) in [7, 11) is 0. The van der Waals surface area contributed by atoms with Crippen LogP contribution in [0.25, 0.3) is 0 Å². The summed E-state index contributed by atoms with van der Waals surface area (Å²) in [6.45, 7) is 1.41. The summed E-state index contributed by atoms with van der Waals surface area (Å²) >= 11 is 0. The van der Waals surface area contributed by atoms with Crippen LogP contribution in [-0.2, 0) is 12.8 Å². The van der Waals surface area contributed by atoms with Gasteiger partial charge in [0, 0.05) is 37.3 Å². The molecule has 4 rings (SSSR count). The van der Waals surface area contributed by atoms with Crippen molar-refractivity contribution in [3.8, 4) is 0 Å². The first-order valence-corrected chi connectivity index (χ1v) is 8.33. The summed E-state index contributed by atoms with van der Waals surface area (Å²) in [6, 6.07) is 4.23. The normalized spacial score (nSPS) is 18.0. The van der Waals surface area contributed by atoms with Crippen molar-refractivity contribution in [3.05, 3.63) is 41.6 Å². The van der Waals surface area contributed by atoms with Crippen LogP contribution < -0.4 is 5.32 Å². The van der Waals surface area contributed by atoms with Crippen molar-refractivity contribution in [2.24, 2.45) is 0 Å². The Morgan fingerprint density at radius 3 is 2.87 bits per heavy atom. The molecule has 0 unspecified atom stereocenters. The first-order valence-electron chi connectivity index (χ1n) is 8.33. The number of amides is 1. The number of anilines is 1. The Hall–Kier alpha value is -2.37. The predicted molar refractivity (Wildman–Crippen MR) is 87.4 cm³/mol. The molecule has 0 spiro atoms. The zero-order valence-corrected chi connectivity index (χ0v) is 13.1. The van der Waals surface area contributed by atoms with E-state index in [9.17, 15) is 4.79 Å². The van der Waals surface area contributed by atoms with Gasteiger partial charge in [-0.25, -0.2) is 9.97 Å². The number of H-pyrrole nitrogens is 1. The minimum atomic E-state index is 0.0595. The van der Waals surface area contributed by atoms with Crippen LogP contribution in [0.5, 0.6) is 0 Å². The van der Waals surface area contributed by atoms with Crippen LogP contribution in [0.2, 0.25) is 0 Å². The Bertz CT molecular complexity index is 693. The van der Waals surface area contributed by atoms with Crippen LogP contribution in [0.1, 0.15) is 41.0 Å². The van der Waals surface area contributed by atoms with E-state index < -0.39 is 0 Å². The van der Waals surface area contributed by atoms with Crippen molar-refractivity contribution in [1.29, 1.82) is 0 Å². The number of hydrogen-bond acceptors (Lipinski definition) is 4. The molecule has 1 fully saturated rings. The molecule has 1 aliphatic carbocycles. The SMILES string of the molecule is O=C(c1ccc[nH]1)N1CCc2ncnc(NC3CCC3)c2CC1. The molecule has 0 radical (unpaired) electrons. The molecule has 120 valence electrons. The zero-order valence-electron chi connectivity index (χ0n) is 13.1. The van der Waals surface area contributed by atoms with Crippen molar-refractivity contribution >= 4 is 11.7 Å². The smallest absolute Gasteiger partial charge is 0.270 e. The third-order valence-corrected chi connectivity index (χ3v) is 4.85. The molecule has 0 bridgehead atoms. The Morgan fingerprint density at radius 2 is 2.13 bits per heavy atom. The molecule has 6 nitrogen and oxygen atoms in total. The van der Waals surface area contributed by atoms with Gasteiger partial charge in [-0.3, -0.25) is 4.79 Å². The van der Waals surface area contributed by atoms with E-state index in [-0.39, 0.29) is 5.91 Å². The molecular formula is C17H21N5O. The lowest BCUT2D eigenvalue weighted by Crippen LogP contribution is -2.33. The van der Waals surface area contributed by atoms with Gasteiger partial charge in [-0.2, -0.15) is 0 Å². The van der Waals surface area contributed by atoms with Crippen molar-refractivity contribution in [3.63, 3.8) is 0 Å². The van der Waals surface area contributed by atoms with E-state index in [1.54, 1.807) is 12.5 Å². The monoisotopic (exact) mass is 311 g/mol. The quantitative estimate of drug-likeness (QED) is 0.909. The molecule has 2 N–H and O–H groups in total. The minimum Gasteiger partial charge on any atom is -0.367 e. The van der Waals surface area contributed by atoms with Gasteiger partial charge in [0.25, 0.3) is 5.91 Å². The van der Waals surface area contributed by atoms with E-state index in [0.29, 0.717) is 24.8 Å². The summed E-state index contributed by atoms with van der Waals surface area (Å²) < 4.78 is 0. The van der Waals surface area contributed by atoms with E-state index in [1.807, 2.05) is 17.0 Å². The van der Waals surface area contributed by atoms with Crippen molar-refractivity contribution < 1.29 is 4.79 Å². The van der Waals surface area contributed by atoms with Gasteiger partial charge >= 0.3 is 0 Å². The lowest BCUT2D eigenvalue weighted by molar-refractivity contribution is 0.0758. The predicted octanol–water partition coefficient (Wildman–Crippen LogP) is 2.01. The highest BCUT2D eigenvalue weighted by atomic mass is 16.2. The largest absolute Gasteiger partial charge is 0.367 e. The van der Waals surface area contributed by atoms with Gasteiger partial charge in [0.1, 0.15) is 17.8 Å². The maximum Gasteiger partial charge on any atom is 0.270 e.